The summed E-state index contributed by atoms with van der Waals surface area (Å²) in [6.45, 7) is 5.31. The Balaban J connectivity index is 1.93. The summed E-state index contributed by atoms with van der Waals surface area (Å²) in [5.74, 6) is -2.38. The first-order valence-corrected chi connectivity index (χ1v) is 9.05. The number of rotatable bonds is 8. The Morgan fingerprint density at radius 2 is 1.97 bits per heavy atom. The van der Waals surface area contributed by atoms with Crippen LogP contribution in [-0.4, -0.2) is 18.0 Å². The van der Waals surface area contributed by atoms with Crippen molar-refractivity contribution >= 4 is 5.91 Å². The van der Waals surface area contributed by atoms with Gasteiger partial charge in [-0.15, -0.1) is 6.58 Å². The Kier molecular flexibility index (Phi) is 6.15. The van der Waals surface area contributed by atoms with Crippen LogP contribution in [0.3, 0.4) is 0 Å². The number of benzene rings is 2. The highest BCUT2D eigenvalue weighted by molar-refractivity contribution is 5.93. The number of allylic oxidation sites excluding steroid dienone is 1. The summed E-state index contributed by atoms with van der Waals surface area (Å²) in [5.41, 5.74) is 5.56. The van der Waals surface area contributed by atoms with Gasteiger partial charge in [-0.1, -0.05) is 6.08 Å². The molecule has 1 unspecified atom stereocenters. The largest absolute Gasteiger partial charge is 0.497 e. The average molecular weight is 414 g/mol. The van der Waals surface area contributed by atoms with Crippen LogP contribution in [0.1, 0.15) is 35.0 Å². The SMILES string of the molecule is C=CCc1oc(C(C)Oc2ccc(F)c(C(N)=O)c2F)nc1-c1ccc(OC)cc1. The number of primary amides is 1. The van der Waals surface area contributed by atoms with Crippen molar-refractivity contribution in [2.24, 2.45) is 5.73 Å². The lowest BCUT2D eigenvalue weighted by Crippen LogP contribution is -2.16. The molecule has 1 aromatic heterocycles. The summed E-state index contributed by atoms with van der Waals surface area (Å²) in [4.78, 5) is 15.8. The highest BCUT2D eigenvalue weighted by Gasteiger charge is 2.24. The number of aromatic nitrogens is 1. The molecule has 0 aliphatic carbocycles. The number of methoxy groups -OCH3 is 1. The van der Waals surface area contributed by atoms with Gasteiger partial charge in [0.1, 0.15) is 28.6 Å². The van der Waals surface area contributed by atoms with E-state index in [1.807, 2.05) is 12.1 Å². The zero-order valence-electron chi connectivity index (χ0n) is 16.4. The minimum atomic E-state index is -1.23. The van der Waals surface area contributed by atoms with Crippen LogP contribution in [0.5, 0.6) is 11.5 Å². The van der Waals surface area contributed by atoms with Crippen LogP contribution in [0.15, 0.2) is 53.5 Å². The molecule has 0 aliphatic rings. The number of hydrogen-bond acceptors (Lipinski definition) is 5. The Morgan fingerprint density at radius 3 is 2.57 bits per heavy atom. The quantitative estimate of drug-likeness (QED) is 0.545. The van der Waals surface area contributed by atoms with Crippen molar-refractivity contribution in [3.63, 3.8) is 0 Å². The lowest BCUT2D eigenvalue weighted by Gasteiger charge is -2.13. The maximum Gasteiger partial charge on any atom is 0.254 e. The third kappa shape index (κ3) is 4.17. The van der Waals surface area contributed by atoms with E-state index in [2.05, 4.69) is 11.6 Å². The molecule has 0 aliphatic heterocycles. The van der Waals surface area contributed by atoms with Gasteiger partial charge in [0.2, 0.25) is 5.89 Å². The molecule has 1 amide bonds. The molecule has 156 valence electrons. The van der Waals surface area contributed by atoms with Crippen molar-refractivity contribution in [1.82, 2.24) is 4.98 Å². The molecule has 30 heavy (non-hydrogen) atoms. The number of carbonyl (C=O) groups is 1. The minimum Gasteiger partial charge on any atom is -0.497 e. The summed E-state index contributed by atoms with van der Waals surface area (Å²) in [7, 11) is 1.57. The maximum absolute atomic E-state index is 14.5. The summed E-state index contributed by atoms with van der Waals surface area (Å²) in [6, 6.07) is 9.23. The van der Waals surface area contributed by atoms with Crippen molar-refractivity contribution in [3.8, 4) is 22.8 Å². The van der Waals surface area contributed by atoms with Gasteiger partial charge >= 0.3 is 0 Å². The molecule has 0 fully saturated rings. The number of hydrogen-bond donors (Lipinski definition) is 1. The van der Waals surface area contributed by atoms with E-state index in [-0.39, 0.29) is 11.6 Å². The molecule has 0 bridgehead atoms. The molecule has 2 aromatic carbocycles. The summed E-state index contributed by atoms with van der Waals surface area (Å²) >= 11 is 0. The summed E-state index contributed by atoms with van der Waals surface area (Å²) in [6.07, 6.45) is 1.25. The normalized spacial score (nSPS) is 11.7. The molecule has 2 N–H and O–H groups in total. The molecule has 1 atom stereocenters. The van der Waals surface area contributed by atoms with E-state index in [0.717, 1.165) is 17.7 Å². The van der Waals surface area contributed by atoms with Gasteiger partial charge in [0.15, 0.2) is 17.7 Å². The van der Waals surface area contributed by atoms with Crippen LogP contribution in [0.25, 0.3) is 11.3 Å². The van der Waals surface area contributed by atoms with Crippen LogP contribution in [-0.2, 0) is 6.42 Å². The third-order valence-electron chi connectivity index (χ3n) is 4.36. The van der Waals surface area contributed by atoms with Crippen LogP contribution in [0, 0.1) is 11.6 Å². The van der Waals surface area contributed by atoms with Crippen molar-refractivity contribution in [3.05, 3.63) is 77.9 Å². The molecule has 0 spiro atoms. The summed E-state index contributed by atoms with van der Waals surface area (Å²) in [5, 5.41) is 0. The van der Waals surface area contributed by atoms with Crippen LogP contribution < -0.4 is 15.2 Å². The van der Waals surface area contributed by atoms with Gasteiger partial charge in [0, 0.05) is 12.0 Å². The van der Waals surface area contributed by atoms with E-state index in [1.54, 1.807) is 32.2 Å². The van der Waals surface area contributed by atoms with E-state index < -0.39 is 29.2 Å². The standard InChI is InChI=1S/C22H20F2N2O4/c1-4-5-17-20(13-6-8-14(28-3)9-7-13)26-22(30-17)12(2)29-16-11-10-15(23)18(19(16)24)21(25)27/h4,6-12H,1,5H2,2-3H3,(H2,25,27). The first-order valence-electron chi connectivity index (χ1n) is 9.05. The minimum absolute atomic E-state index is 0.182. The van der Waals surface area contributed by atoms with Crippen LogP contribution >= 0.6 is 0 Å². The number of halogens is 2. The Hall–Kier alpha value is -3.68. The molecule has 8 heteroatoms. The molecule has 1 heterocycles. The Bertz CT molecular complexity index is 1080. The second kappa shape index (κ2) is 8.77. The van der Waals surface area contributed by atoms with Gasteiger partial charge < -0.3 is 19.6 Å². The van der Waals surface area contributed by atoms with E-state index in [0.29, 0.717) is 23.6 Å². The van der Waals surface area contributed by atoms with Crippen molar-refractivity contribution in [2.75, 3.05) is 7.11 Å². The van der Waals surface area contributed by atoms with Crippen molar-refractivity contribution in [2.45, 2.75) is 19.4 Å². The fourth-order valence-corrected chi connectivity index (χ4v) is 2.88. The lowest BCUT2D eigenvalue weighted by atomic mass is 10.1. The molecule has 3 rings (SSSR count). The van der Waals surface area contributed by atoms with Gasteiger partial charge in [-0.2, -0.15) is 0 Å². The third-order valence-corrected chi connectivity index (χ3v) is 4.36. The number of nitrogens with two attached hydrogens (primary N) is 1. The zero-order chi connectivity index (χ0) is 21.8. The zero-order valence-corrected chi connectivity index (χ0v) is 16.4. The molecule has 0 saturated heterocycles. The van der Waals surface area contributed by atoms with Gasteiger partial charge in [-0.3, -0.25) is 4.79 Å². The fourth-order valence-electron chi connectivity index (χ4n) is 2.88. The molecule has 0 saturated carbocycles. The number of nitrogens with zero attached hydrogens (tertiary/aromatic N) is 1. The van der Waals surface area contributed by atoms with E-state index in [9.17, 15) is 13.6 Å². The van der Waals surface area contributed by atoms with Gasteiger partial charge in [-0.05, 0) is 43.3 Å². The first-order chi connectivity index (χ1) is 14.3. The monoisotopic (exact) mass is 414 g/mol. The summed E-state index contributed by atoms with van der Waals surface area (Å²) < 4.78 is 44.7. The van der Waals surface area contributed by atoms with Gasteiger partial charge in [0.25, 0.3) is 5.91 Å². The average Bonchev–Trinajstić information content (AvgIpc) is 3.14. The van der Waals surface area contributed by atoms with Gasteiger partial charge in [0.05, 0.1) is 7.11 Å². The first kappa shape index (κ1) is 21.0. The van der Waals surface area contributed by atoms with Crippen LogP contribution in [0.4, 0.5) is 8.78 Å². The van der Waals surface area contributed by atoms with Crippen LogP contribution in [0.2, 0.25) is 0 Å². The number of amides is 1. The molecule has 6 nitrogen and oxygen atoms in total. The molecular formula is C22H20F2N2O4. The van der Waals surface area contributed by atoms with Crippen molar-refractivity contribution in [1.29, 1.82) is 0 Å². The van der Waals surface area contributed by atoms with Gasteiger partial charge in [-0.25, -0.2) is 13.8 Å². The number of oxazole rings is 1. The number of carbonyl (C=O) groups excluding carboxylic acids is 1. The highest BCUT2D eigenvalue weighted by atomic mass is 19.1. The second-order valence-electron chi connectivity index (χ2n) is 6.40. The Labute approximate surface area is 171 Å². The molecular weight excluding hydrogens is 394 g/mol. The second-order valence-corrected chi connectivity index (χ2v) is 6.40. The Morgan fingerprint density at radius 1 is 1.27 bits per heavy atom. The van der Waals surface area contributed by atoms with E-state index in [4.69, 9.17) is 19.6 Å². The topological polar surface area (TPSA) is 87.6 Å². The highest BCUT2D eigenvalue weighted by Crippen LogP contribution is 2.32. The lowest BCUT2D eigenvalue weighted by molar-refractivity contribution is 0.0989. The fraction of sp³-hybridized carbons (Fsp3) is 0.182. The predicted octanol–water partition coefficient (Wildman–Crippen LogP) is 4.60. The van der Waals surface area contributed by atoms with E-state index >= 15 is 0 Å². The molecule has 3 aromatic rings. The maximum atomic E-state index is 14.5. The number of ether oxygens (including phenoxy) is 2. The smallest absolute Gasteiger partial charge is 0.254 e. The van der Waals surface area contributed by atoms with Crippen molar-refractivity contribution < 1.29 is 27.5 Å². The predicted molar refractivity (Wildman–Crippen MR) is 106 cm³/mol. The van der Waals surface area contributed by atoms with E-state index in [1.165, 1.54) is 0 Å². The molecule has 0 radical (unpaired) electrons.